The molecule has 3 aliphatic rings. The minimum absolute atomic E-state index is 0.0142. The molecular weight excluding hydrogens is 492 g/mol. The van der Waals surface area contributed by atoms with Crippen molar-refractivity contribution >= 4 is 27.9 Å². The number of piperidine rings is 1. The van der Waals surface area contributed by atoms with Crippen LogP contribution in [0.2, 0.25) is 0 Å². The molecule has 204 valence electrons. The molecule has 3 N–H and O–H groups in total. The molecule has 0 spiro atoms. The molecule has 1 saturated heterocycles. The summed E-state index contributed by atoms with van der Waals surface area (Å²) in [7, 11) is 1.63. The van der Waals surface area contributed by atoms with Gasteiger partial charge in [0.15, 0.2) is 5.76 Å². The first kappa shape index (κ1) is 24.7. The molecule has 2 aliphatic carbocycles. The number of furan rings is 1. The molecule has 4 aromatic rings. The number of carbonyl (C=O) groups excluding carboxylic acids is 1. The molecule has 8 nitrogen and oxygen atoms in total. The zero-order valence-electron chi connectivity index (χ0n) is 23.0. The summed E-state index contributed by atoms with van der Waals surface area (Å²) in [5.41, 5.74) is 9.94. The zero-order valence-corrected chi connectivity index (χ0v) is 23.0. The van der Waals surface area contributed by atoms with E-state index in [1.807, 2.05) is 36.1 Å². The van der Waals surface area contributed by atoms with E-state index in [1.54, 1.807) is 21.0 Å². The lowest BCUT2D eigenvalue weighted by Gasteiger charge is -2.27. The number of hydrogen-bond acceptors (Lipinski definition) is 6. The smallest absolute Gasteiger partial charge is 0.254 e. The van der Waals surface area contributed by atoms with Crippen molar-refractivity contribution in [2.45, 2.75) is 70.7 Å². The average molecular weight is 529 g/mol. The van der Waals surface area contributed by atoms with Crippen molar-refractivity contribution in [3.05, 3.63) is 47.2 Å². The fourth-order valence-electron chi connectivity index (χ4n) is 6.72. The maximum Gasteiger partial charge on any atom is 0.254 e. The van der Waals surface area contributed by atoms with Crippen molar-refractivity contribution in [2.24, 2.45) is 17.6 Å². The Morgan fingerprint density at radius 3 is 2.64 bits per heavy atom. The van der Waals surface area contributed by atoms with Crippen LogP contribution in [-0.2, 0) is 12.1 Å². The van der Waals surface area contributed by atoms with Gasteiger partial charge in [-0.1, -0.05) is 0 Å². The maximum absolute atomic E-state index is 13.6. The lowest BCUT2D eigenvalue weighted by molar-refractivity contribution is 0.0699. The number of carbonyl (C=O) groups is 1. The summed E-state index contributed by atoms with van der Waals surface area (Å²) in [5.74, 6) is 2.36. The maximum atomic E-state index is 13.6. The Kier molecular flexibility index (Phi) is 5.42. The van der Waals surface area contributed by atoms with Gasteiger partial charge in [-0.05, 0) is 88.6 Å². The van der Waals surface area contributed by atoms with E-state index in [9.17, 15) is 9.90 Å². The topological polar surface area (TPSA) is 107 Å². The SMILES string of the molecule is COc1cc(C(=O)N2CC3CCC2[C@@H]3N)cc2oc(-c3cc4ccc(C(C)(C)O)nc4n3CC3CC3)c(C)c12. The standard InChI is InChI=1S/C31H36N4O4/c1-16-26-23(38-4)12-20(30(36)35-15-19-7-9-21(35)27(19)32)13-24(26)39-28(16)22-11-18-8-10-25(31(2,3)37)33-29(18)34(22)14-17-5-6-17/h8,10-13,17,19,21,27,37H,5-7,9,14-15,32H2,1-4H3/t19?,21?,27-/m1/s1. The van der Waals surface area contributed by atoms with Crippen LogP contribution in [-0.4, -0.2) is 51.2 Å². The molecule has 3 aromatic heterocycles. The number of aromatic nitrogens is 2. The number of likely N-dealkylation sites (tertiary alicyclic amines) is 1. The number of rotatable bonds is 6. The highest BCUT2D eigenvalue weighted by molar-refractivity contribution is 6.02. The van der Waals surface area contributed by atoms with Crippen molar-refractivity contribution in [1.82, 2.24) is 14.5 Å². The molecule has 2 saturated carbocycles. The van der Waals surface area contributed by atoms with Crippen LogP contribution in [0.4, 0.5) is 0 Å². The molecule has 3 atom stereocenters. The van der Waals surface area contributed by atoms with Crippen LogP contribution in [0.5, 0.6) is 5.75 Å². The van der Waals surface area contributed by atoms with Gasteiger partial charge in [-0.15, -0.1) is 0 Å². The van der Waals surface area contributed by atoms with E-state index in [1.165, 1.54) is 12.8 Å². The number of amides is 1. The van der Waals surface area contributed by atoms with Crippen molar-refractivity contribution in [3.63, 3.8) is 0 Å². The molecule has 1 aromatic carbocycles. The number of methoxy groups -OCH3 is 1. The van der Waals surface area contributed by atoms with Crippen LogP contribution in [0.25, 0.3) is 33.5 Å². The molecule has 3 fully saturated rings. The number of pyridine rings is 1. The van der Waals surface area contributed by atoms with Crippen LogP contribution < -0.4 is 10.5 Å². The number of benzene rings is 1. The third-order valence-corrected chi connectivity index (χ3v) is 9.12. The average Bonchev–Trinajstić information content (AvgIpc) is 3.31. The number of fused-ring (bicyclic) bond motifs is 4. The van der Waals surface area contributed by atoms with E-state index < -0.39 is 5.60 Å². The van der Waals surface area contributed by atoms with E-state index in [4.69, 9.17) is 19.9 Å². The predicted octanol–water partition coefficient (Wildman–Crippen LogP) is 4.97. The van der Waals surface area contributed by atoms with E-state index in [2.05, 4.69) is 10.6 Å². The molecule has 4 heterocycles. The van der Waals surface area contributed by atoms with Crippen molar-refractivity contribution in [1.29, 1.82) is 0 Å². The molecule has 0 radical (unpaired) electrons. The van der Waals surface area contributed by atoms with E-state index >= 15 is 0 Å². The second-order valence-corrected chi connectivity index (χ2v) is 12.3. The summed E-state index contributed by atoms with van der Waals surface area (Å²) in [6.07, 6.45) is 4.46. The number of ether oxygens (including phenoxy) is 1. The van der Waals surface area contributed by atoms with Gasteiger partial charge in [-0.25, -0.2) is 4.98 Å². The van der Waals surface area contributed by atoms with Gasteiger partial charge in [0.1, 0.15) is 22.6 Å². The molecule has 1 amide bonds. The Balaban J connectivity index is 1.35. The van der Waals surface area contributed by atoms with Gasteiger partial charge in [-0.2, -0.15) is 0 Å². The molecular formula is C31H36N4O4. The lowest BCUT2D eigenvalue weighted by Crippen LogP contribution is -2.41. The van der Waals surface area contributed by atoms with Crippen LogP contribution in [0, 0.1) is 18.8 Å². The number of aryl methyl sites for hydroxylation is 1. The van der Waals surface area contributed by atoms with Crippen molar-refractivity contribution in [2.75, 3.05) is 13.7 Å². The molecule has 2 bridgehead atoms. The summed E-state index contributed by atoms with van der Waals surface area (Å²) < 4.78 is 14.6. The summed E-state index contributed by atoms with van der Waals surface area (Å²) in [6.45, 7) is 7.11. The monoisotopic (exact) mass is 528 g/mol. The fourth-order valence-corrected chi connectivity index (χ4v) is 6.72. The van der Waals surface area contributed by atoms with Crippen LogP contribution in [0.15, 0.2) is 34.7 Å². The van der Waals surface area contributed by atoms with Crippen molar-refractivity contribution in [3.8, 4) is 17.2 Å². The normalized spacial score (nSPS) is 22.9. The van der Waals surface area contributed by atoms with Gasteiger partial charge in [0.05, 0.1) is 23.9 Å². The Labute approximate surface area is 227 Å². The van der Waals surface area contributed by atoms with E-state index in [0.717, 1.165) is 52.8 Å². The first-order valence-corrected chi connectivity index (χ1v) is 14.0. The lowest BCUT2D eigenvalue weighted by atomic mass is 10.0. The Bertz CT molecular complexity index is 1620. The van der Waals surface area contributed by atoms with Gasteiger partial charge >= 0.3 is 0 Å². The predicted molar refractivity (Wildman–Crippen MR) is 150 cm³/mol. The summed E-state index contributed by atoms with van der Waals surface area (Å²) in [5, 5.41) is 12.5. The van der Waals surface area contributed by atoms with Gasteiger partial charge in [0.2, 0.25) is 0 Å². The first-order valence-electron chi connectivity index (χ1n) is 14.0. The second kappa shape index (κ2) is 8.57. The highest BCUT2D eigenvalue weighted by atomic mass is 16.5. The minimum atomic E-state index is -1.03. The number of nitrogens with two attached hydrogens (primary N) is 1. The number of hydrogen-bond donors (Lipinski definition) is 2. The second-order valence-electron chi connectivity index (χ2n) is 12.3. The summed E-state index contributed by atoms with van der Waals surface area (Å²) in [4.78, 5) is 20.4. The Hall–Kier alpha value is -3.36. The third-order valence-electron chi connectivity index (χ3n) is 9.12. The van der Waals surface area contributed by atoms with Crippen LogP contribution in [0.3, 0.4) is 0 Å². The summed E-state index contributed by atoms with van der Waals surface area (Å²) in [6, 6.07) is 9.89. The quantitative estimate of drug-likeness (QED) is 0.366. The highest BCUT2D eigenvalue weighted by Crippen LogP contribution is 2.43. The molecule has 1 aliphatic heterocycles. The van der Waals surface area contributed by atoms with E-state index in [-0.39, 0.29) is 18.0 Å². The van der Waals surface area contributed by atoms with Gasteiger partial charge in [-0.3, -0.25) is 4.79 Å². The third kappa shape index (κ3) is 3.87. The minimum Gasteiger partial charge on any atom is -0.496 e. The number of nitrogens with zero attached hydrogens (tertiary/aromatic N) is 3. The van der Waals surface area contributed by atoms with Gasteiger partial charge in [0.25, 0.3) is 5.91 Å². The zero-order chi connectivity index (χ0) is 27.2. The molecule has 7 rings (SSSR count). The number of aliphatic hydroxyl groups is 1. The molecule has 39 heavy (non-hydrogen) atoms. The molecule has 8 heteroatoms. The molecule has 2 unspecified atom stereocenters. The first-order chi connectivity index (χ1) is 18.6. The van der Waals surface area contributed by atoms with Crippen molar-refractivity contribution < 1.29 is 19.1 Å². The van der Waals surface area contributed by atoms with Gasteiger partial charge in [0, 0.05) is 41.7 Å². The Morgan fingerprint density at radius 2 is 2.00 bits per heavy atom. The largest absolute Gasteiger partial charge is 0.496 e. The summed E-state index contributed by atoms with van der Waals surface area (Å²) >= 11 is 0. The van der Waals surface area contributed by atoms with Crippen LogP contribution >= 0.6 is 0 Å². The van der Waals surface area contributed by atoms with E-state index in [0.29, 0.717) is 41.0 Å². The van der Waals surface area contributed by atoms with Crippen LogP contribution in [0.1, 0.15) is 61.1 Å². The fraction of sp³-hybridized carbons (Fsp3) is 0.484. The highest BCUT2D eigenvalue weighted by Gasteiger charge is 2.47. The Morgan fingerprint density at radius 1 is 1.21 bits per heavy atom. The van der Waals surface area contributed by atoms with Gasteiger partial charge < -0.3 is 29.5 Å².